The molecule has 1 aromatic heterocycles. The third kappa shape index (κ3) is 4.31. The van der Waals surface area contributed by atoms with Crippen LogP contribution in [0.4, 0.5) is 0 Å². The highest BCUT2D eigenvalue weighted by atomic mass is 16.4. The van der Waals surface area contributed by atoms with Crippen LogP contribution in [0.25, 0.3) is 23.1 Å². The van der Waals surface area contributed by atoms with Gasteiger partial charge in [-0.15, -0.1) is 0 Å². The minimum atomic E-state index is -0.871. The average Bonchev–Trinajstić information content (AvgIpc) is 2.64. The number of carboxylic acid groups (broad SMARTS) is 1. The van der Waals surface area contributed by atoms with Crippen LogP contribution < -0.4 is 5.56 Å². The van der Waals surface area contributed by atoms with E-state index in [0.29, 0.717) is 29.7 Å². The molecule has 0 unspecified atom stereocenters. The van der Waals surface area contributed by atoms with Crippen LogP contribution in [0.2, 0.25) is 0 Å². The summed E-state index contributed by atoms with van der Waals surface area (Å²) in [4.78, 5) is 28.3. The number of benzene rings is 2. The van der Waals surface area contributed by atoms with E-state index in [1.165, 1.54) is 11.1 Å². The maximum absolute atomic E-state index is 12.9. The number of hydrogen-bond donors (Lipinski definition) is 1. The van der Waals surface area contributed by atoms with E-state index >= 15 is 0 Å². The minimum Gasteiger partial charge on any atom is -0.481 e. The predicted molar refractivity (Wildman–Crippen MR) is 108 cm³/mol. The van der Waals surface area contributed by atoms with Crippen LogP contribution in [-0.2, 0) is 11.3 Å². The van der Waals surface area contributed by atoms with Crippen LogP contribution in [-0.4, -0.2) is 20.6 Å². The largest absolute Gasteiger partial charge is 0.481 e. The van der Waals surface area contributed by atoms with Gasteiger partial charge in [-0.05, 0) is 55.2 Å². The zero-order chi connectivity index (χ0) is 19.4. The van der Waals surface area contributed by atoms with Crippen LogP contribution in [0.15, 0.2) is 47.3 Å². The molecule has 0 saturated carbocycles. The van der Waals surface area contributed by atoms with E-state index in [4.69, 9.17) is 5.11 Å². The van der Waals surface area contributed by atoms with Crippen LogP contribution in [0.3, 0.4) is 0 Å². The summed E-state index contributed by atoms with van der Waals surface area (Å²) in [6, 6.07) is 13.4. The standard InChI is InChI=1S/C22H22N2O3/c1-15-9-10-17(14-16(15)2)11-12-20-23-19-7-4-3-6-18(19)22(27)24(20)13-5-8-21(25)26/h3-4,6-7,9-12,14H,5,8,13H2,1-2H3,(H,25,26). The second-order valence-electron chi connectivity index (χ2n) is 6.62. The fraction of sp³-hybridized carbons (Fsp3) is 0.227. The molecule has 5 nitrogen and oxygen atoms in total. The number of aryl methyl sites for hydroxylation is 2. The van der Waals surface area contributed by atoms with E-state index in [0.717, 1.165) is 5.56 Å². The van der Waals surface area contributed by atoms with Gasteiger partial charge in [-0.2, -0.15) is 0 Å². The molecule has 3 aromatic rings. The number of rotatable bonds is 6. The number of aliphatic carboxylic acids is 1. The lowest BCUT2D eigenvalue weighted by Crippen LogP contribution is -2.24. The van der Waals surface area contributed by atoms with Gasteiger partial charge >= 0.3 is 5.97 Å². The Morgan fingerprint density at radius 1 is 1.11 bits per heavy atom. The molecule has 0 spiro atoms. The topological polar surface area (TPSA) is 72.2 Å². The number of fused-ring (bicyclic) bond motifs is 1. The first kappa shape index (κ1) is 18.6. The maximum Gasteiger partial charge on any atom is 0.303 e. The summed E-state index contributed by atoms with van der Waals surface area (Å²) in [5.74, 6) is -0.341. The molecule has 27 heavy (non-hydrogen) atoms. The zero-order valence-corrected chi connectivity index (χ0v) is 15.5. The average molecular weight is 362 g/mol. The van der Waals surface area contributed by atoms with Crippen molar-refractivity contribution in [3.8, 4) is 0 Å². The van der Waals surface area contributed by atoms with Gasteiger partial charge in [0.1, 0.15) is 5.82 Å². The third-order valence-electron chi connectivity index (χ3n) is 4.62. The molecule has 0 aliphatic heterocycles. The van der Waals surface area contributed by atoms with Crippen molar-refractivity contribution < 1.29 is 9.90 Å². The lowest BCUT2D eigenvalue weighted by molar-refractivity contribution is -0.137. The molecule has 0 fully saturated rings. The number of carboxylic acids is 1. The summed E-state index contributed by atoms with van der Waals surface area (Å²) in [6.07, 6.45) is 4.13. The van der Waals surface area contributed by atoms with E-state index in [2.05, 4.69) is 31.0 Å². The molecule has 0 radical (unpaired) electrons. The Hall–Kier alpha value is -3.21. The lowest BCUT2D eigenvalue weighted by atomic mass is 10.1. The molecule has 0 atom stereocenters. The third-order valence-corrected chi connectivity index (χ3v) is 4.62. The molecular weight excluding hydrogens is 340 g/mol. The van der Waals surface area contributed by atoms with Crippen LogP contribution >= 0.6 is 0 Å². The Morgan fingerprint density at radius 2 is 1.89 bits per heavy atom. The summed E-state index contributed by atoms with van der Waals surface area (Å²) in [5, 5.41) is 9.42. The Bertz CT molecular complexity index is 1080. The van der Waals surface area contributed by atoms with E-state index in [1.807, 2.05) is 30.4 Å². The molecule has 0 amide bonds. The number of hydrogen-bond acceptors (Lipinski definition) is 3. The van der Waals surface area contributed by atoms with Gasteiger partial charge in [-0.25, -0.2) is 4.98 Å². The molecule has 0 aliphatic carbocycles. The van der Waals surface area contributed by atoms with Crippen LogP contribution in [0.5, 0.6) is 0 Å². The van der Waals surface area contributed by atoms with E-state index in [-0.39, 0.29) is 12.0 Å². The van der Waals surface area contributed by atoms with Crippen molar-refractivity contribution in [2.45, 2.75) is 33.2 Å². The monoisotopic (exact) mass is 362 g/mol. The molecule has 138 valence electrons. The first-order chi connectivity index (χ1) is 13.0. The van der Waals surface area contributed by atoms with Gasteiger partial charge in [0.25, 0.3) is 5.56 Å². The van der Waals surface area contributed by atoms with Gasteiger partial charge in [0.05, 0.1) is 10.9 Å². The Morgan fingerprint density at radius 3 is 2.63 bits per heavy atom. The van der Waals surface area contributed by atoms with Gasteiger partial charge in [0, 0.05) is 13.0 Å². The highest BCUT2D eigenvalue weighted by Crippen LogP contribution is 2.14. The molecule has 0 saturated heterocycles. The Balaban J connectivity index is 2.03. The molecule has 1 heterocycles. The number of para-hydroxylation sites is 1. The summed E-state index contributed by atoms with van der Waals surface area (Å²) in [5.41, 5.74) is 3.93. The molecular formula is C22H22N2O3. The van der Waals surface area contributed by atoms with Crippen molar-refractivity contribution in [1.29, 1.82) is 0 Å². The summed E-state index contributed by atoms with van der Waals surface area (Å²) >= 11 is 0. The molecule has 0 aliphatic rings. The van der Waals surface area contributed by atoms with E-state index in [1.54, 1.807) is 16.7 Å². The smallest absolute Gasteiger partial charge is 0.303 e. The molecule has 1 N–H and O–H groups in total. The number of carbonyl (C=O) groups is 1. The van der Waals surface area contributed by atoms with Crippen molar-refractivity contribution in [3.63, 3.8) is 0 Å². The molecule has 5 heteroatoms. The summed E-state index contributed by atoms with van der Waals surface area (Å²) in [6.45, 7) is 4.44. The quantitative estimate of drug-likeness (QED) is 0.718. The SMILES string of the molecule is Cc1ccc(C=Cc2nc3ccccc3c(=O)n2CCCC(=O)O)cc1C. The molecule has 3 rings (SSSR count). The first-order valence-corrected chi connectivity index (χ1v) is 8.92. The predicted octanol–water partition coefficient (Wildman–Crippen LogP) is 4.05. The van der Waals surface area contributed by atoms with Crippen LogP contribution in [0, 0.1) is 13.8 Å². The van der Waals surface area contributed by atoms with Gasteiger partial charge < -0.3 is 5.11 Å². The fourth-order valence-corrected chi connectivity index (χ4v) is 2.96. The van der Waals surface area contributed by atoms with E-state index in [9.17, 15) is 9.59 Å². The molecule has 2 aromatic carbocycles. The number of nitrogens with zero attached hydrogens (tertiary/aromatic N) is 2. The Kier molecular flexibility index (Phi) is 5.50. The second kappa shape index (κ2) is 7.99. The van der Waals surface area contributed by atoms with Crippen molar-refractivity contribution in [2.24, 2.45) is 0 Å². The van der Waals surface area contributed by atoms with Crippen molar-refractivity contribution in [3.05, 3.63) is 75.3 Å². The highest BCUT2D eigenvalue weighted by molar-refractivity contribution is 5.79. The lowest BCUT2D eigenvalue weighted by Gasteiger charge is -2.11. The Labute approximate surface area is 157 Å². The molecule has 0 bridgehead atoms. The summed E-state index contributed by atoms with van der Waals surface area (Å²) in [7, 11) is 0. The second-order valence-corrected chi connectivity index (χ2v) is 6.62. The number of aromatic nitrogens is 2. The van der Waals surface area contributed by atoms with Gasteiger partial charge in [-0.3, -0.25) is 14.2 Å². The first-order valence-electron chi connectivity index (χ1n) is 8.92. The van der Waals surface area contributed by atoms with Crippen molar-refractivity contribution in [2.75, 3.05) is 0 Å². The van der Waals surface area contributed by atoms with Crippen molar-refractivity contribution in [1.82, 2.24) is 9.55 Å². The van der Waals surface area contributed by atoms with Gasteiger partial charge in [-0.1, -0.05) is 36.4 Å². The van der Waals surface area contributed by atoms with Crippen molar-refractivity contribution >= 4 is 29.0 Å². The minimum absolute atomic E-state index is 0.0135. The normalized spacial score (nSPS) is 11.3. The van der Waals surface area contributed by atoms with Gasteiger partial charge in [0.2, 0.25) is 0 Å². The summed E-state index contributed by atoms with van der Waals surface area (Å²) < 4.78 is 1.56. The fourth-order valence-electron chi connectivity index (χ4n) is 2.96. The van der Waals surface area contributed by atoms with Crippen LogP contribution in [0.1, 0.15) is 35.4 Å². The van der Waals surface area contributed by atoms with Gasteiger partial charge in [0.15, 0.2) is 0 Å². The zero-order valence-electron chi connectivity index (χ0n) is 15.5. The van der Waals surface area contributed by atoms with E-state index < -0.39 is 5.97 Å². The highest BCUT2D eigenvalue weighted by Gasteiger charge is 2.09. The maximum atomic E-state index is 12.9.